The van der Waals surface area contributed by atoms with Gasteiger partial charge in [-0.2, -0.15) is 0 Å². The number of hydrogen-bond acceptors (Lipinski definition) is 6. The number of esters is 1. The first-order valence-corrected chi connectivity index (χ1v) is 11.8. The zero-order chi connectivity index (χ0) is 25.1. The van der Waals surface area contributed by atoms with Crippen molar-refractivity contribution in [2.75, 3.05) is 19.4 Å². The van der Waals surface area contributed by atoms with Crippen LogP contribution in [0.15, 0.2) is 47.4 Å². The number of sulfonamides is 1. The third-order valence-electron chi connectivity index (χ3n) is 4.69. The molecule has 8 nitrogen and oxygen atoms in total. The van der Waals surface area contributed by atoms with Gasteiger partial charge in [-0.3, -0.25) is 9.59 Å². The Labute approximate surface area is 198 Å². The quantitative estimate of drug-likeness (QED) is 0.460. The summed E-state index contributed by atoms with van der Waals surface area (Å²) in [6, 6.07) is 9.94. The molecule has 0 saturated heterocycles. The average Bonchev–Trinajstić information content (AvgIpc) is 2.72. The van der Waals surface area contributed by atoms with Crippen molar-refractivity contribution >= 4 is 45.0 Å². The van der Waals surface area contributed by atoms with Crippen LogP contribution in [0.5, 0.6) is 0 Å². The summed E-state index contributed by atoms with van der Waals surface area (Å²) < 4.78 is 31.0. The highest BCUT2D eigenvalue weighted by atomic mass is 35.5. The highest BCUT2D eigenvalue weighted by molar-refractivity contribution is 7.89. The Kier molecular flexibility index (Phi) is 8.05. The first-order chi connectivity index (χ1) is 15.1. The molecule has 33 heavy (non-hydrogen) atoms. The Balaban J connectivity index is 2.14. The summed E-state index contributed by atoms with van der Waals surface area (Å²) in [5.41, 5.74) is 0.201. The molecule has 0 radical (unpaired) electrons. The molecule has 0 aliphatic rings. The molecule has 2 aromatic carbocycles. The van der Waals surface area contributed by atoms with Crippen LogP contribution in [0.3, 0.4) is 0 Å². The van der Waals surface area contributed by atoms with Crippen molar-refractivity contribution < 1.29 is 27.5 Å². The van der Waals surface area contributed by atoms with E-state index < -0.39 is 33.3 Å². The minimum Gasteiger partial charge on any atom is -0.451 e. The van der Waals surface area contributed by atoms with E-state index in [0.29, 0.717) is 5.69 Å². The van der Waals surface area contributed by atoms with Gasteiger partial charge in [-0.15, -0.1) is 0 Å². The molecule has 0 aromatic heterocycles. The fraction of sp³-hybridized carbons (Fsp3) is 0.348. The standard InChI is InChI=1S/C23H27ClN2O6S/c1-14(20(27)15-7-10-17(11-8-15)25-22(29)23(2,3)4)32-21(28)16-9-12-18(24)19(13-16)33(30,31)26(5)6/h7-14H,1-6H3,(H,25,29). The third kappa shape index (κ3) is 6.40. The number of nitrogens with one attached hydrogen (secondary N) is 1. The van der Waals surface area contributed by atoms with Gasteiger partial charge in [0.05, 0.1) is 10.6 Å². The topological polar surface area (TPSA) is 110 Å². The first-order valence-electron chi connectivity index (χ1n) is 10.0. The number of ether oxygens (including phenoxy) is 1. The molecule has 0 bridgehead atoms. The van der Waals surface area contributed by atoms with Crippen molar-refractivity contribution in [3.05, 3.63) is 58.6 Å². The Morgan fingerprint density at radius 1 is 1.00 bits per heavy atom. The number of anilines is 1. The van der Waals surface area contributed by atoms with Crippen LogP contribution in [-0.2, 0) is 19.6 Å². The first kappa shape index (κ1) is 26.5. The van der Waals surface area contributed by atoms with Crippen LogP contribution in [0, 0.1) is 5.41 Å². The highest BCUT2D eigenvalue weighted by Crippen LogP contribution is 2.25. The Hall–Kier alpha value is -2.75. The molecular formula is C23H27ClN2O6S. The number of ketones is 1. The van der Waals surface area contributed by atoms with Crippen LogP contribution in [0.1, 0.15) is 48.4 Å². The van der Waals surface area contributed by atoms with Crippen molar-refractivity contribution in [3.63, 3.8) is 0 Å². The minimum atomic E-state index is -3.88. The summed E-state index contributed by atoms with van der Waals surface area (Å²) in [5, 5.41) is 2.72. The number of hydrogen-bond donors (Lipinski definition) is 1. The molecule has 0 saturated carbocycles. The van der Waals surface area contributed by atoms with E-state index in [0.717, 1.165) is 10.4 Å². The maximum Gasteiger partial charge on any atom is 0.338 e. The molecule has 0 spiro atoms. The minimum absolute atomic E-state index is 0.0389. The number of carbonyl (C=O) groups excluding carboxylic acids is 3. The predicted molar refractivity (Wildman–Crippen MR) is 126 cm³/mol. The van der Waals surface area contributed by atoms with Gasteiger partial charge >= 0.3 is 5.97 Å². The molecule has 0 aliphatic carbocycles. The monoisotopic (exact) mass is 494 g/mol. The van der Waals surface area contributed by atoms with Crippen LogP contribution in [0.2, 0.25) is 5.02 Å². The number of amides is 1. The van der Waals surface area contributed by atoms with Crippen LogP contribution >= 0.6 is 11.6 Å². The average molecular weight is 495 g/mol. The van der Waals surface area contributed by atoms with Gasteiger partial charge in [0, 0.05) is 30.8 Å². The van der Waals surface area contributed by atoms with Gasteiger partial charge in [0.1, 0.15) is 4.90 Å². The summed E-state index contributed by atoms with van der Waals surface area (Å²) in [6.45, 7) is 6.78. The van der Waals surface area contributed by atoms with Crippen molar-refractivity contribution in [1.29, 1.82) is 0 Å². The number of benzene rings is 2. The summed E-state index contributed by atoms with van der Waals surface area (Å²) in [4.78, 5) is 37.1. The molecule has 0 fully saturated rings. The fourth-order valence-electron chi connectivity index (χ4n) is 2.58. The lowest BCUT2D eigenvalue weighted by atomic mass is 9.95. The van der Waals surface area contributed by atoms with Gasteiger partial charge in [-0.1, -0.05) is 32.4 Å². The second-order valence-corrected chi connectivity index (χ2v) is 11.2. The van der Waals surface area contributed by atoms with E-state index in [-0.39, 0.29) is 27.0 Å². The molecule has 1 amide bonds. The molecular weight excluding hydrogens is 468 g/mol. The van der Waals surface area contributed by atoms with Gasteiger partial charge in [-0.05, 0) is 49.4 Å². The lowest BCUT2D eigenvalue weighted by Gasteiger charge is -2.18. The van der Waals surface area contributed by atoms with Crippen LogP contribution in [-0.4, -0.2) is 50.6 Å². The second kappa shape index (κ2) is 10.0. The maximum absolute atomic E-state index is 12.7. The number of rotatable bonds is 7. The number of nitrogens with zero attached hydrogens (tertiary/aromatic N) is 1. The van der Waals surface area contributed by atoms with E-state index in [4.69, 9.17) is 16.3 Å². The van der Waals surface area contributed by atoms with Crippen LogP contribution < -0.4 is 5.32 Å². The van der Waals surface area contributed by atoms with Gasteiger partial charge in [0.2, 0.25) is 21.7 Å². The lowest BCUT2D eigenvalue weighted by molar-refractivity contribution is -0.123. The van der Waals surface area contributed by atoms with Crippen molar-refractivity contribution in [2.24, 2.45) is 5.41 Å². The van der Waals surface area contributed by atoms with E-state index in [1.165, 1.54) is 45.3 Å². The zero-order valence-electron chi connectivity index (χ0n) is 19.3. The number of carbonyl (C=O) groups is 3. The van der Waals surface area contributed by atoms with E-state index in [9.17, 15) is 22.8 Å². The molecule has 178 valence electrons. The van der Waals surface area contributed by atoms with Crippen molar-refractivity contribution in [3.8, 4) is 0 Å². The van der Waals surface area contributed by atoms with Crippen molar-refractivity contribution in [2.45, 2.75) is 38.7 Å². The Bertz CT molecular complexity index is 1170. The smallest absolute Gasteiger partial charge is 0.338 e. The molecule has 1 atom stereocenters. The van der Waals surface area contributed by atoms with Gasteiger partial charge in [-0.25, -0.2) is 17.5 Å². The summed E-state index contributed by atoms with van der Waals surface area (Å²) in [7, 11) is -1.19. The molecule has 10 heteroatoms. The largest absolute Gasteiger partial charge is 0.451 e. The molecule has 0 aliphatic heterocycles. The summed E-state index contributed by atoms with van der Waals surface area (Å²) in [5.74, 6) is -1.48. The van der Waals surface area contributed by atoms with E-state index >= 15 is 0 Å². The Morgan fingerprint density at radius 2 is 1.55 bits per heavy atom. The van der Waals surface area contributed by atoms with E-state index in [1.54, 1.807) is 32.9 Å². The normalized spacial score (nSPS) is 12.8. The number of halogens is 1. The van der Waals surface area contributed by atoms with E-state index in [1.807, 2.05) is 0 Å². The van der Waals surface area contributed by atoms with Gasteiger partial charge in [0.15, 0.2) is 6.10 Å². The van der Waals surface area contributed by atoms with Gasteiger partial charge < -0.3 is 10.1 Å². The maximum atomic E-state index is 12.7. The molecule has 1 unspecified atom stereocenters. The fourth-order valence-corrected chi connectivity index (χ4v) is 3.97. The predicted octanol–water partition coefficient (Wildman–Crippen LogP) is 4.00. The molecule has 2 aromatic rings. The SMILES string of the molecule is CC(OC(=O)c1ccc(Cl)c(S(=O)(=O)N(C)C)c1)C(=O)c1ccc(NC(=O)C(C)(C)C)cc1. The molecule has 1 N–H and O–H groups in total. The summed E-state index contributed by atoms with van der Waals surface area (Å²) in [6.07, 6.45) is -1.13. The van der Waals surface area contributed by atoms with Gasteiger partial charge in [0.25, 0.3) is 0 Å². The van der Waals surface area contributed by atoms with Crippen LogP contribution in [0.4, 0.5) is 5.69 Å². The summed E-state index contributed by atoms with van der Waals surface area (Å²) >= 11 is 6.00. The van der Waals surface area contributed by atoms with Crippen molar-refractivity contribution in [1.82, 2.24) is 4.31 Å². The Morgan fingerprint density at radius 3 is 2.06 bits per heavy atom. The van der Waals surface area contributed by atoms with E-state index in [2.05, 4.69) is 5.32 Å². The second-order valence-electron chi connectivity index (χ2n) is 8.63. The lowest BCUT2D eigenvalue weighted by Crippen LogP contribution is -2.27. The van der Waals surface area contributed by atoms with Crippen LogP contribution in [0.25, 0.3) is 0 Å². The zero-order valence-corrected chi connectivity index (χ0v) is 20.9. The number of Topliss-reactive ketones (excluding diaryl/α,β-unsaturated/α-hetero) is 1. The highest BCUT2D eigenvalue weighted by Gasteiger charge is 2.25. The third-order valence-corrected chi connectivity index (χ3v) is 6.98. The molecule has 0 heterocycles. The molecule has 2 rings (SSSR count).